The number of fused-ring (bicyclic) bond motifs is 2. The summed E-state index contributed by atoms with van der Waals surface area (Å²) >= 11 is 0. The summed E-state index contributed by atoms with van der Waals surface area (Å²) in [5.74, 6) is 0. The number of pyridine rings is 3. The maximum absolute atomic E-state index is 4.67. The van der Waals surface area contributed by atoms with E-state index in [1.54, 1.807) is 12.3 Å². The molecule has 3 N–H and O–H groups in total. The van der Waals surface area contributed by atoms with Gasteiger partial charge >= 0.3 is 0 Å². The highest BCUT2D eigenvalue weighted by Crippen LogP contribution is 2.33. The Bertz CT molecular complexity index is 1910. The Hall–Kier alpha value is -5.56. The van der Waals surface area contributed by atoms with Crippen LogP contribution in [0.1, 0.15) is 18.1 Å². The molecule has 1 aromatic carbocycles. The van der Waals surface area contributed by atoms with Crippen molar-refractivity contribution in [1.82, 2.24) is 35.5 Å². The van der Waals surface area contributed by atoms with E-state index < -0.39 is 0 Å². The summed E-state index contributed by atoms with van der Waals surface area (Å²) < 4.78 is 0. The van der Waals surface area contributed by atoms with E-state index in [9.17, 15) is 0 Å². The highest BCUT2D eigenvalue weighted by molar-refractivity contribution is 6.00. The molecule has 5 aromatic heterocycles. The van der Waals surface area contributed by atoms with Crippen LogP contribution in [0, 0.1) is 0 Å². The van der Waals surface area contributed by atoms with Crippen molar-refractivity contribution in [3.8, 4) is 22.5 Å². The van der Waals surface area contributed by atoms with Crippen LogP contribution in [-0.4, -0.2) is 30.1 Å². The molecule has 6 aromatic rings. The predicted molar refractivity (Wildman–Crippen MR) is 163 cm³/mol. The number of rotatable bonds is 8. The Morgan fingerprint density at radius 2 is 1.80 bits per heavy atom. The van der Waals surface area contributed by atoms with Crippen LogP contribution in [0.3, 0.4) is 0 Å². The molecule has 194 valence electrons. The lowest BCUT2D eigenvalue weighted by atomic mass is 10.0. The van der Waals surface area contributed by atoms with Gasteiger partial charge in [0, 0.05) is 63.6 Å². The molecule has 0 fully saturated rings. The quantitative estimate of drug-likeness (QED) is 0.183. The van der Waals surface area contributed by atoms with Crippen molar-refractivity contribution in [2.24, 2.45) is 0 Å². The van der Waals surface area contributed by atoms with Crippen molar-refractivity contribution in [2.45, 2.75) is 6.92 Å². The lowest BCUT2D eigenvalue weighted by molar-refractivity contribution is 1.10. The molecule has 0 spiro atoms. The number of aromatic amines is 2. The number of hydrogen-bond acceptors (Lipinski definition) is 5. The fourth-order valence-corrected chi connectivity index (χ4v) is 4.73. The van der Waals surface area contributed by atoms with E-state index in [-0.39, 0.29) is 0 Å². The fraction of sp³-hybridized carbons (Fsp3) is 0.0303. The normalized spacial score (nSPS) is 12.1. The maximum Gasteiger partial charge on any atom is 0.155 e. The van der Waals surface area contributed by atoms with Crippen LogP contribution in [-0.2, 0) is 0 Å². The largest absolute Gasteiger partial charge is 0.356 e. The van der Waals surface area contributed by atoms with E-state index in [2.05, 4.69) is 60.7 Å². The molecule has 40 heavy (non-hydrogen) atoms. The van der Waals surface area contributed by atoms with Gasteiger partial charge in [-0.2, -0.15) is 5.10 Å². The minimum absolute atomic E-state index is 0.710. The minimum Gasteiger partial charge on any atom is -0.356 e. The number of allylic oxidation sites excluding steroid dienone is 4. The smallest absolute Gasteiger partial charge is 0.155 e. The van der Waals surface area contributed by atoms with Crippen LogP contribution in [0.4, 0.5) is 0 Å². The van der Waals surface area contributed by atoms with Gasteiger partial charge in [0.15, 0.2) is 5.65 Å². The molecule has 0 aliphatic rings. The number of hydrogen-bond donors (Lipinski definition) is 3. The molecule has 0 atom stereocenters. The molecule has 0 saturated carbocycles. The second-order valence-electron chi connectivity index (χ2n) is 9.28. The first-order chi connectivity index (χ1) is 19.6. The monoisotopic (exact) mass is 521 g/mol. The molecule has 0 unspecified atom stereocenters. The Kier molecular flexibility index (Phi) is 6.60. The van der Waals surface area contributed by atoms with E-state index in [0.29, 0.717) is 5.65 Å². The molecule has 7 heteroatoms. The standard InChI is InChI=1S/C33H27N7/c1-4-22(14-26(5-2)37-21(3)23-10-7-6-8-11-23)25-15-28-32(39-40-33(28)36-18-25)30-16-27-29(19-35-20-31(27)38-30)24-12-9-13-34-17-24/h4-20,37-38H,2-3H2,1H3,(H,36,39,40)/b22-4+,26-14+. The summed E-state index contributed by atoms with van der Waals surface area (Å²) in [6, 6.07) is 18.2. The van der Waals surface area contributed by atoms with E-state index in [4.69, 9.17) is 0 Å². The lowest BCUT2D eigenvalue weighted by Crippen LogP contribution is -2.09. The van der Waals surface area contributed by atoms with Gasteiger partial charge in [-0.05, 0) is 48.4 Å². The third-order valence-electron chi connectivity index (χ3n) is 6.78. The fourth-order valence-electron chi connectivity index (χ4n) is 4.73. The van der Waals surface area contributed by atoms with Crippen LogP contribution in [0.15, 0.2) is 123 Å². The first kappa shape index (κ1) is 24.8. The molecule has 7 nitrogen and oxygen atoms in total. The summed E-state index contributed by atoms with van der Waals surface area (Å²) in [6.07, 6.45) is 15.0. The third kappa shape index (κ3) is 4.72. The van der Waals surface area contributed by atoms with E-state index in [1.165, 1.54) is 0 Å². The lowest BCUT2D eigenvalue weighted by Gasteiger charge is -2.12. The average molecular weight is 522 g/mol. The number of aromatic nitrogens is 6. The van der Waals surface area contributed by atoms with Gasteiger partial charge in [-0.15, -0.1) is 0 Å². The molecule has 5 heterocycles. The van der Waals surface area contributed by atoms with Crippen molar-refractivity contribution < 1.29 is 0 Å². The van der Waals surface area contributed by atoms with Crippen molar-refractivity contribution >= 4 is 33.2 Å². The van der Waals surface area contributed by atoms with Gasteiger partial charge in [-0.25, -0.2) is 4.98 Å². The zero-order valence-corrected chi connectivity index (χ0v) is 22.0. The molecule has 0 bridgehead atoms. The number of nitrogens with one attached hydrogen (secondary N) is 3. The van der Waals surface area contributed by atoms with Gasteiger partial charge in [0.25, 0.3) is 0 Å². The summed E-state index contributed by atoms with van der Waals surface area (Å²) in [5.41, 5.74) is 9.91. The maximum atomic E-state index is 4.67. The molecule has 0 saturated heterocycles. The van der Waals surface area contributed by atoms with E-state index >= 15 is 0 Å². The highest BCUT2D eigenvalue weighted by atomic mass is 15.2. The van der Waals surface area contributed by atoms with Gasteiger partial charge in [0.2, 0.25) is 0 Å². The van der Waals surface area contributed by atoms with Gasteiger partial charge < -0.3 is 10.3 Å². The number of nitrogens with zero attached hydrogens (tertiary/aromatic N) is 4. The summed E-state index contributed by atoms with van der Waals surface area (Å²) in [6.45, 7) is 10.2. The van der Waals surface area contributed by atoms with Crippen LogP contribution >= 0.6 is 0 Å². The first-order valence-electron chi connectivity index (χ1n) is 12.9. The van der Waals surface area contributed by atoms with Crippen molar-refractivity contribution in [3.63, 3.8) is 0 Å². The Balaban J connectivity index is 1.36. The minimum atomic E-state index is 0.710. The van der Waals surface area contributed by atoms with Crippen molar-refractivity contribution in [2.75, 3.05) is 0 Å². The zero-order chi connectivity index (χ0) is 27.5. The van der Waals surface area contributed by atoms with Gasteiger partial charge in [0.1, 0.15) is 5.69 Å². The van der Waals surface area contributed by atoms with Crippen LogP contribution < -0.4 is 5.32 Å². The second kappa shape index (κ2) is 10.7. The molecule has 0 radical (unpaired) electrons. The second-order valence-corrected chi connectivity index (χ2v) is 9.28. The van der Waals surface area contributed by atoms with Crippen LogP contribution in [0.2, 0.25) is 0 Å². The van der Waals surface area contributed by atoms with Gasteiger partial charge in [-0.3, -0.25) is 15.1 Å². The number of H-pyrrole nitrogens is 2. The predicted octanol–water partition coefficient (Wildman–Crippen LogP) is 7.30. The third-order valence-corrected chi connectivity index (χ3v) is 6.78. The van der Waals surface area contributed by atoms with Gasteiger partial charge in [0.05, 0.1) is 17.4 Å². The summed E-state index contributed by atoms with van der Waals surface area (Å²) in [4.78, 5) is 16.9. The van der Waals surface area contributed by atoms with Crippen molar-refractivity contribution in [3.05, 3.63) is 134 Å². The molecular formula is C33H27N7. The Morgan fingerprint density at radius 3 is 2.58 bits per heavy atom. The molecule has 0 aliphatic heterocycles. The molecule has 0 amide bonds. The van der Waals surface area contributed by atoms with Crippen LogP contribution in [0.25, 0.3) is 55.7 Å². The SMILES string of the molecule is C=C/C(=C\C(=C/C)c1cnc2[nH]nc(-c3cc4c(-c5cccnc5)cncc4[nH]3)c2c1)NC(=C)c1ccccc1. The highest BCUT2D eigenvalue weighted by Gasteiger charge is 2.15. The van der Waals surface area contributed by atoms with E-state index in [0.717, 1.165) is 66.9 Å². The topological polar surface area (TPSA) is 95.2 Å². The van der Waals surface area contributed by atoms with Crippen LogP contribution in [0.5, 0.6) is 0 Å². The zero-order valence-electron chi connectivity index (χ0n) is 22.0. The molecular weight excluding hydrogens is 494 g/mol. The Labute approximate surface area is 231 Å². The average Bonchev–Trinajstić information content (AvgIpc) is 3.64. The molecule has 6 rings (SSSR count). The summed E-state index contributed by atoms with van der Waals surface area (Å²) in [5, 5.41) is 13.0. The first-order valence-corrected chi connectivity index (χ1v) is 12.9. The van der Waals surface area contributed by atoms with Gasteiger partial charge in [-0.1, -0.05) is 55.6 Å². The van der Waals surface area contributed by atoms with E-state index in [1.807, 2.05) is 86.3 Å². The summed E-state index contributed by atoms with van der Waals surface area (Å²) in [7, 11) is 0. The molecule has 0 aliphatic carbocycles. The number of benzene rings is 1. The Morgan fingerprint density at radius 1 is 0.925 bits per heavy atom. The van der Waals surface area contributed by atoms with Crippen molar-refractivity contribution in [1.29, 1.82) is 0 Å².